The highest BCUT2D eigenvalue weighted by molar-refractivity contribution is 5.85. The van der Waals surface area contributed by atoms with Crippen LogP contribution in [0.3, 0.4) is 0 Å². The summed E-state index contributed by atoms with van der Waals surface area (Å²) in [5.74, 6) is 1.58. The molecule has 1 fully saturated rings. The summed E-state index contributed by atoms with van der Waals surface area (Å²) in [5.41, 5.74) is -0.160. The Bertz CT molecular complexity index is 750. The number of rotatable bonds is 3. The first-order valence-electron chi connectivity index (χ1n) is 9.16. The van der Waals surface area contributed by atoms with Crippen molar-refractivity contribution in [2.24, 2.45) is 0 Å². The zero-order chi connectivity index (χ0) is 17.3. The molecule has 1 aliphatic carbocycles. The van der Waals surface area contributed by atoms with E-state index in [1.807, 2.05) is 30.3 Å². The van der Waals surface area contributed by atoms with Crippen LogP contribution in [0.1, 0.15) is 44.3 Å². The molecule has 0 radical (unpaired) electrons. The molecule has 132 valence electrons. The molecule has 0 spiro atoms. The number of carbonyl (C=O) groups is 1. The standard InChI is InChI=1S/C19H24N4O2/c24-18(19(25)11-5-2-6-12-19)20-15-9-10-16-21-22-17(23(16)13-15)14-7-3-1-4-8-14/h1,3-4,7-8,15,25H,2,5-6,9-13H2,(H,20,24)/t15-/m0/s1. The van der Waals surface area contributed by atoms with Gasteiger partial charge in [0, 0.05) is 24.6 Å². The lowest BCUT2D eigenvalue weighted by Crippen LogP contribution is -2.53. The number of nitrogens with one attached hydrogen (secondary N) is 1. The third-order valence-corrected chi connectivity index (χ3v) is 5.42. The minimum absolute atomic E-state index is 0.00409. The second kappa shape index (κ2) is 6.59. The van der Waals surface area contributed by atoms with Crippen LogP contribution >= 0.6 is 0 Å². The number of aryl methyl sites for hydroxylation is 1. The quantitative estimate of drug-likeness (QED) is 0.896. The van der Waals surface area contributed by atoms with Crippen molar-refractivity contribution in [1.29, 1.82) is 0 Å². The second-order valence-electron chi connectivity index (χ2n) is 7.22. The molecular formula is C19H24N4O2. The van der Waals surface area contributed by atoms with Crippen LogP contribution in [0.25, 0.3) is 11.4 Å². The average Bonchev–Trinajstić information content (AvgIpc) is 3.06. The lowest BCUT2D eigenvalue weighted by molar-refractivity contribution is -0.144. The van der Waals surface area contributed by atoms with E-state index < -0.39 is 5.60 Å². The number of fused-ring (bicyclic) bond motifs is 1. The number of hydrogen-bond donors (Lipinski definition) is 2. The molecule has 2 heterocycles. The van der Waals surface area contributed by atoms with Gasteiger partial charge in [-0.25, -0.2) is 0 Å². The van der Waals surface area contributed by atoms with Crippen LogP contribution in [0.15, 0.2) is 30.3 Å². The first-order chi connectivity index (χ1) is 12.2. The molecule has 2 N–H and O–H groups in total. The minimum atomic E-state index is -1.19. The van der Waals surface area contributed by atoms with Crippen LogP contribution in [-0.4, -0.2) is 37.4 Å². The molecule has 1 amide bonds. The first kappa shape index (κ1) is 16.3. The van der Waals surface area contributed by atoms with Crippen LogP contribution in [0.2, 0.25) is 0 Å². The molecule has 0 bridgehead atoms. The molecule has 6 nitrogen and oxygen atoms in total. The highest BCUT2D eigenvalue weighted by Crippen LogP contribution is 2.29. The third-order valence-electron chi connectivity index (χ3n) is 5.42. The fourth-order valence-electron chi connectivity index (χ4n) is 3.93. The van der Waals surface area contributed by atoms with Crippen molar-refractivity contribution in [1.82, 2.24) is 20.1 Å². The third kappa shape index (κ3) is 3.18. The van der Waals surface area contributed by atoms with Gasteiger partial charge < -0.3 is 15.0 Å². The first-order valence-corrected chi connectivity index (χ1v) is 9.16. The molecule has 25 heavy (non-hydrogen) atoms. The van der Waals surface area contributed by atoms with E-state index in [1.54, 1.807) is 0 Å². The fourth-order valence-corrected chi connectivity index (χ4v) is 3.93. The summed E-state index contributed by atoms with van der Waals surface area (Å²) in [6.45, 7) is 0.647. The van der Waals surface area contributed by atoms with Gasteiger partial charge in [-0.2, -0.15) is 0 Å². The summed E-state index contributed by atoms with van der Waals surface area (Å²) < 4.78 is 2.09. The SMILES string of the molecule is O=C(N[C@H]1CCc2nnc(-c3ccccc3)n2C1)C1(O)CCCCC1. The maximum atomic E-state index is 12.6. The predicted octanol–water partition coefficient (Wildman–Crippen LogP) is 2.07. The molecule has 2 aliphatic rings. The van der Waals surface area contributed by atoms with Gasteiger partial charge in [-0.05, 0) is 19.3 Å². The minimum Gasteiger partial charge on any atom is -0.380 e. The van der Waals surface area contributed by atoms with Gasteiger partial charge in [0.05, 0.1) is 0 Å². The Morgan fingerprint density at radius 1 is 1.16 bits per heavy atom. The number of amides is 1. The van der Waals surface area contributed by atoms with Gasteiger partial charge in [-0.15, -0.1) is 10.2 Å². The summed E-state index contributed by atoms with van der Waals surface area (Å²) in [5, 5.41) is 22.3. The number of benzene rings is 1. The number of aromatic nitrogens is 3. The molecule has 6 heteroatoms. The van der Waals surface area contributed by atoms with E-state index in [0.29, 0.717) is 19.4 Å². The lowest BCUT2D eigenvalue weighted by Gasteiger charge is -2.33. The van der Waals surface area contributed by atoms with Crippen LogP contribution < -0.4 is 5.32 Å². The van der Waals surface area contributed by atoms with Gasteiger partial charge in [-0.3, -0.25) is 4.79 Å². The summed E-state index contributed by atoms with van der Waals surface area (Å²) in [6, 6.07) is 9.98. The molecule has 4 rings (SSSR count). The highest BCUT2D eigenvalue weighted by Gasteiger charge is 2.38. The normalized spacial score (nSPS) is 22.2. The van der Waals surface area contributed by atoms with Gasteiger partial charge in [0.15, 0.2) is 5.82 Å². The zero-order valence-electron chi connectivity index (χ0n) is 14.3. The van der Waals surface area contributed by atoms with Crippen molar-refractivity contribution in [3.63, 3.8) is 0 Å². The van der Waals surface area contributed by atoms with Gasteiger partial charge in [0.25, 0.3) is 5.91 Å². The van der Waals surface area contributed by atoms with Crippen molar-refractivity contribution in [2.45, 2.75) is 63.1 Å². The summed E-state index contributed by atoms with van der Waals surface area (Å²) in [6.07, 6.45) is 5.68. The van der Waals surface area contributed by atoms with E-state index >= 15 is 0 Å². The Morgan fingerprint density at radius 2 is 1.92 bits per heavy atom. The van der Waals surface area contributed by atoms with Crippen LogP contribution in [0, 0.1) is 0 Å². The van der Waals surface area contributed by atoms with Gasteiger partial charge >= 0.3 is 0 Å². The molecule has 0 saturated heterocycles. The molecule has 0 unspecified atom stereocenters. The highest BCUT2D eigenvalue weighted by atomic mass is 16.3. The Labute approximate surface area is 147 Å². The Balaban J connectivity index is 1.49. The van der Waals surface area contributed by atoms with Crippen LogP contribution in [0.5, 0.6) is 0 Å². The van der Waals surface area contributed by atoms with Crippen molar-refractivity contribution in [3.05, 3.63) is 36.2 Å². The average molecular weight is 340 g/mol. The topological polar surface area (TPSA) is 80.0 Å². The van der Waals surface area contributed by atoms with E-state index in [2.05, 4.69) is 20.1 Å². The molecule has 1 aromatic heterocycles. The van der Waals surface area contributed by atoms with Gasteiger partial charge in [0.2, 0.25) is 0 Å². The number of aliphatic hydroxyl groups is 1. The number of nitrogens with zero attached hydrogens (tertiary/aromatic N) is 3. The molecule has 1 aliphatic heterocycles. The zero-order valence-corrected chi connectivity index (χ0v) is 14.3. The van der Waals surface area contributed by atoms with Crippen molar-refractivity contribution in [2.75, 3.05) is 0 Å². The molecular weight excluding hydrogens is 316 g/mol. The maximum absolute atomic E-state index is 12.6. The summed E-state index contributed by atoms with van der Waals surface area (Å²) in [7, 11) is 0. The fraction of sp³-hybridized carbons (Fsp3) is 0.526. The van der Waals surface area contributed by atoms with E-state index in [1.165, 1.54) is 0 Å². The van der Waals surface area contributed by atoms with Gasteiger partial charge in [0.1, 0.15) is 11.4 Å². The van der Waals surface area contributed by atoms with Crippen molar-refractivity contribution >= 4 is 5.91 Å². The van der Waals surface area contributed by atoms with E-state index in [4.69, 9.17) is 0 Å². The molecule has 1 saturated carbocycles. The van der Waals surface area contributed by atoms with Crippen molar-refractivity contribution < 1.29 is 9.90 Å². The van der Waals surface area contributed by atoms with Crippen LogP contribution in [-0.2, 0) is 17.8 Å². The Kier molecular flexibility index (Phi) is 4.29. The summed E-state index contributed by atoms with van der Waals surface area (Å²) in [4.78, 5) is 12.6. The number of carbonyl (C=O) groups excluding carboxylic acids is 1. The lowest BCUT2D eigenvalue weighted by atomic mass is 9.84. The molecule has 2 aromatic rings. The molecule has 1 atom stereocenters. The second-order valence-corrected chi connectivity index (χ2v) is 7.22. The van der Waals surface area contributed by atoms with E-state index in [-0.39, 0.29) is 11.9 Å². The molecule has 1 aromatic carbocycles. The van der Waals surface area contributed by atoms with Crippen molar-refractivity contribution in [3.8, 4) is 11.4 Å². The maximum Gasteiger partial charge on any atom is 0.252 e. The summed E-state index contributed by atoms with van der Waals surface area (Å²) >= 11 is 0. The smallest absolute Gasteiger partial charge is 0.252 e. The predicted molar refractivity (Wildman–Crippen MR) is 93.7 cm³/mol. The number of hydrogen-bond acceptors (Lipinski definition) is 4. The monoisotopic (exact) mass is 340 g/mol. The van der Waals surface area contributed by atoms with Crippen LogP contribution in [0.4, 0.5) is 0 Å². The van der Waals surface area contributed by atoms with E-state index in [9.17, 15) is 9.90 Å². The van der Waals surface area contributed by atoms with E-state index in [0.717, 1.165) is 49.3 Å². The Morgan fingerprint density at radius 3 is 2.68 bits per heavy atom. The van der Waals surface area contributed by atoms with Gasteiger partial charge in [-0.1, -0.05) is 49.6 Å². The Hall–Kier alpha value is -2.21. The largest absolute Gasteiger partial charge is 0.380 e.